The molecule has 1 fully saturated rings. The average Bonchev–Trinajstić information content (AvgIpc) is 2.60. The van der Waals surface area contributed by atoms with Crippen LogP contribution in [-0.4, -0.2) is 6.04 Å². The molecule has 3 heteroatoms. The number of rotatable bonds is 3. The molecular formula is C13H20BrNO. The molecule has 1 aliphatic rings. The summed E-state index contributed by atoms with van der Waals surface area (Å²) in [6, 6.07) is 4.62. The Bertz CT molecular complexity index is 326. The molecule has 0 amide bonds. The van der Waals surface area contributed by atoms with Crippen LogP contribution in [-0.2, 0) is 6.54 Å². The molecule has 2 unspecified atom stereocenters. The topological polar surface area (TPSA) is 25.2 Å². The SMILES string of the molecule is CC1CC(C)CC(NCc2ccc(Br)o2)C1. The molecule has 0 bridgehead atoms. The predicted molar refractivity (Wildman–Crippen MR) is 69.2 cm³/mol. The van der Waals surface area contributed by atoms with E-state index >= 15 is 0 Å². The van der Waals surface area contributed by atoms with E-state index in [1.807, 2.05) is 12.1 Å². The van der Waals surface area contributed by atoms with E-state index in [1.165, 1.54) is 19.3 Å². The fourth-order valence-corrected chi connectivity index (χ4v) is 3.15. The zero-order chi connectivity index (χ0) is 11.5. The van der Waals surface area contributed by atoms with E-state index in [-0.39, 0.29) is 0 Å². The van der Waals surface area contributed by atoms with Gasteiger partial charge in [-0.15, -0.1) is 0 Å². The maximum Gasteiger partial charge on any atom is 0.169 e. The van der Waals surface area contributed by atoms with E-state index < -0.39 is 0 Å². The summed E-state index contributed by atoms with van der Waals surface area (Å²) in [4.78, 5) is 0. The highest BCUT2D eigenvalue weighted by molar-refractivity contribution is 9.10. The summed E-state index contributed by atoms with van der Waals surface area (Å²) in [6.45, 7) is 5.55. The molecule has 0 aromatic carbocycles. The van der Waals surface area contributed by atoms with Gasteiger partial charge < -0.3 is 9.73 Å². The van der Waals surface area contributed by atoms with Crippen molar-refractivity contribution in [1.82, 2.24) is 5.32 Å². The molecule has 1 aromatic heterocycles. The second kappa shape index (κ2) is 5.37. The first-order valence-corrected chi connectivity index (χ1v) is 6.90. The minimum Gasteiger partial charge on any atom is -0.453 e. The van der Waals surface area contributed by atoms with E-state index in [0.717, 1.165) is 28.8 Å². The van der Waals surface area contributed by atoms with Crippen LogP contribution >= 0.6 is 15.9 Å². The third-order valence-electron chi connectivity index (χ3n) is 3.37. The Morgan fingerprint density at radius 3 is 2.50 bits per heavy atom. The molecule has 0 radical (unpaired) electrons. The molecule has 1 heterocycles. The van der Waals surface area contributed by atoms with Crippen molar-refractivity contribution in [2.75, 3.05) is 0 Å². The highest BCUT2D eigenvalue weighted by Crippen LogP contribution is 2.28. The first-order valence-electron chi connectivity index (χ1n) is 6.11. The van der Waals surface area contributed by atoms with Gasteiger partial charge >= 0.3 is 0 Å². The zero-order valence-corrected chi connectivity index (χ0v) is 11.6. The van der Waals surface area contributed by atoms with Crippen LogP contribution in [0.2, 0.25) is 0 Å². The summed E-state index contributed by atoms with van der Waals surface area (Å²) in [5.74, 6) is 2.71. The van der Waals surface area contributed by atoms with E-state index in [0.29, 0.717) is 6.04 Å². The van der Waals surface area contributed by atoms with Crippen molar-refractivity contribution in [3.8, 4) is 0 Å². The van der Waals surface area contributed by atoms with E-state index in [4.69, 9.17) is 4.42 Å². The van der Waals surface area contributed by atoms with Gasteiger partial charge in [0.25, 0.3) is 0 Å². The fraction of sp³-hybridized carbons (Fsp3) is 0.692. The fourth-order valence-electron chi connectivity index (χ4n) is 2.81. The van der Waals surface area contributed by atoms with Gasteiger partial charge in [-0.05, 0) is 59.2 Å². The van der Waals surface area contributed by atoms with Crippen molar-refractivity contribution in [1.29, 1.82) is 0 Å². The normalized spacial score (nSPS) is 30.6. The molecule has 90 valence electrons. The lowest BCUT2D eigenvalue weighted by atomic mass is 9.80. The summed E-state index contributed by atoms with van der Waals surface area (Å²) in [7, 11) is 0. The van der Waals surface area contributed by atoms with Crippen molar-refractivity contribution in [2.24, 2.45) is 11.8 Å². The average molecular weight is 286 g/mol. The molecular weight excluding hydrogens is 266 g/mol. The molecule has 2 rings (SSSR count). The Morgan fingerprint density at radius 2 is 1.94 bits per heavy atom. The Kier molecular flexibility index (Phi) is 4.09. The third kappa shape index (κ3) is 3.36. The van der Waals surface area contributed by atoms with Crippen molar-refractivity contribution in [3.63, 3.8) is 0 Å². The highest BCUT2D eigenvalue weighted by Gasteiger charge is 2.23. The minimum atomic E-state index is 0.655. The van der Waals surface area contributed by atoms with Gasteiger partial charge in [-0.3, -0.25) is 0 Å². The standard InChI is InChI=1S/C13H20BrNO/c1-9-5-10(2)7-11(6-9)15-8-12-3-4-13(14)16-12/h3-4,9-11,15H,5-8H2,1-2H3. The van der Waals surface area contributed by atoms with Gasteiger partial charge in [-0.2, -0.15) is 0 Å². The Labute approximate surface area is 106 Å². The maximum absolute atomic E-state index is 5.48. The highest BCUT2D eigenvalue weighted by atomic mass is 79.9. The van der Waals surface area contributed by atoms with Gasteiger partial charge in [0.05, 0.1) is 6.54 Å². The van der Waals surface area contributed by atoms with Crippen molar-refractivity contribution in [3.05, 3.63) is 22.6 Å². The van der Waals surface area contributed by atoms with E-state index in [1.54, 1.807) is 0 Å². The van der Waals surface area contributed by atoms with Crippen LogP contribution in [0.5, 0.6) is 0 Å². The lowest BCUT2D eigenvalue weighted by Crippen LogP contribution is -2.35. The van der Waals surface area contributed by atoms with Gasteiger partial charge in [-0.25, -0.2) is 0 Å². The first kappa shape index (κ1) is 12.2. The molecule has 1 saturated carbocycles. The van der Waals surface area contributed by atoms with Crippen LogP contribution in [0.25, 0.3) is 0 Å². The Hall–Kier alpha value is -0.280. The number of hydrogen-bond acceptors (Lipinski definition) is 2. The van der Waals surface area contributed by atoms with Gasteiger partial charge in [0.15, 0.2) is 4.67 Å². The quantitative estimate of drug-likeness (QED) is 0.910. The number of halogens is 1. The summed E-state index contributed by atoms with van der Waals surface area (Å²) in [5.41, 5.74) is 0. The van der Waals surface area contributed by atoms with Crippen LogP contribution < -0.4 is 5.32 Å². The maximum atomic E-state index is 5.48. The molecule has 1 N–H and O–H groups in total. The molecule has 1 aliphatic carbocycles. The van der Waals surface area contributed by atoms with Crippen molar-refractivity contribution in [2.45, 2.75) is 45.7 Å². The van der Waals surface area contributed by atoms with Gasteiger partial charge in [0.2, 0.25) is 0 Å². The smallest absolute Gasteiger partial charge is 0.169 e. The molecule has 2 atom stereocenters. The molecule has 16 heavy (non-hydrogen) atoms. The first-order chi connectivity index (χ1) is 7.63. The second-order valence-corrected chi connectivity index (χ2v) is 5.98. The Morgan fingerprint density at radius 1 is 1.25 bits per heavy atom. The summed E-state index contributed by atoms with van der Waals surface area (Å²) < 4.78 is 6.30. The largest absolute Gasteiger partial charge is 0.453 e. The van der Waals surface area contributed by atoms with Crippen LogP contribution in [0, 0.1) is 11.8 Å². The molecule has 0 saturated heterocycles. The number of furan rings is 1. The molecule has 2 nitrogen and oxygen atoms in total. The van der Waals surface area contributed by atoms with Crippen LogP contribution in [0.15, 0.2) is 21.2 Å². The number of hydrogen-bond donors (Lipinski definition) is 1. The van der Waals surface area contributed by atoms with Crippen molar-refractivity contribution >= 4 is 15.9 Å². The van der Waals surface area contributed by atoms with E-state index in [2.05, 4.69) is 35.1 Å². The summed E-state index contributed by atoms with van der Waals surface area (Å²) in [6.07, 6.45) is 3.98. The third-order valence-corrected chi connectivity index (χ3v) is 3.80. The molecule has 1 aromatic rings. The van der Waals surface area contributed by atoms with Crippen molar-refractivity contribution < 1.29 is 4.42 Å². The van der Waals surface area contributed by atoms with E-state index in [9.17, 15) is 0 Å². The second-order valence-electron chi connectivity index (χ2n) is 5.20. The predicted octanol–water partition coefficient (Wildman–Crippen LogP) is 3.96. The Balaban J connectivity index is 1.81. The van der Waals surface area contributed by atoms with Gasteiger partial charge in [0, 0.05) is 6.04 Å². The molecule has 0 aliphatic heterocycles. The van der Waals surface area contributed by atoms with Gasteiger partial charge in [-0.1, -0.05) is 13.8 Å². The van der Waals surface area contributed by atoms with Crippen LogP contribution in [0.3, 0.4) is 0 Å². The van der Waals surface area contributed by atoms with Gasteiger partial charge in [0.1, 0.15) is 5.76 Å². The monoisotopic (exact) mass is 285 g/mol. The lowest BCUT2D eigenvalue weighted by molar-refractivity contribution is 0.234. The number of nitrogens with one attached hydrogen (secondary N) is 1. The zero-order valence-electron chi connectivity index (χ0n) is 10.0. The summed E-state index contributed by atoms with van der Waals surface area (Å²) in [5, 5.41) is 3.60. The lowest BCUT2D eigenvalue weighted by Gasteiger charge is -2.31. The van der Waals surface area contributed by atoms with Crippen LogP contribution in [0.4, 0.5) is 0 Å². The molecule has 0 spiro atoms. The minimum absolute atomic E-state index is 0.655. The summed E-state index contributed by atoms with van der Waals surface area (Å²) >= 11 is 3.32. The van der Waals surface area contributed by atoms with Crippen LogP contribution in [0.1, 0.15) is 38.9 Å².